The molecule has 0 aliphatic carbocycles. The number of carbonyl (C=O) groups excluding carboxylic acids is 1. The molecule has 1 aromatic carbocycles. The minimum Gasteiger partial charge on any atom is -0.494 e. The average molecular weight is 346 g/mol. The SMILES string of the molecule is CN(C)C(=O)N1CCN(CCCOc2ccc(F)cc2)CC1.Cl. The van der Waals surface area contributed by atoms with Crippen molar-refractivity contribution in [2.45, 2.75) is 6.42 Å². The maximum absolute atomic E-state index is 12.8. The summed E-state index contributed by atoms with van der Waals surface area (Å²) in [5, 5.41) is 0. The molecule has 0 saturated carbocycles. The molecule has 0 N–H and O–H groups in total. The predicted molar refractivity (Wildman–Crippen MR) is 90.9 cm³/mol. The highest BCUT2D eigenvalue weighted by Gasteiger charge is 2.21. The summed E-state index contributed by atoms with van der Waals surface area (Å²) in [7, 11) is 3.56. The van der Waals surface area contributed by atoms with Crippen LogP contribution < -0.4 is 4.74 Å². The Bertz CT molecular complexity index is 477. The Morgan fingerprint density at radius 1 is 1.17 bits per heavy atom. The fourth-order valence-electron chi connectivity index (χ4n) is 2.45. The van der Waals surface area contributed by atoms with Gasteiger partial charge in [0.2, 0.25) is 0 Å². The van der Waals surface area contributed by atoms with Crippen LogP contribution in [0.2, 0.25) is 0 Å². The number of benzene rings is 1. The normalized spacial score (nSPS) is 15.0. The lowest BCUT2D eigenvalue weighted by Gasteiger charge is -2.35. The number of urea groups is 1. The average Bonchev–Trinajstić information content (AvgIpc) is 2.53. The largest absolute Gasteiger partial charge is 0.494 e. The van der Waals surface area contributed by atoms with E-state index < -0.39 is 0 Å². The molecule has 2 rings (SSSR count). The highest BCUT2D eigenvalue weighted by molar-refractivity contribution is 5.85. The molecule has 1 aromatic rings. The van der Waals surface area contributed by atoms with Crippen LogP contribution in [0.15, 0.2) is 24.3 Å². The Labute approximate surface area is 143 Å². The minimum atomic E-state index is -0.252. The first-order valence-corrected chi connectivity index (χ1v) is 7.63. The number of carbonyl (C=O) groups is 1. The second kappa shape index (κ2) is 9.57. The molecular formula is C16H25ClFN3O2. The Balaban J connectivity index is 0.00000264. The zero-order valence-electron chi connectivity index (χ0n) is 13.7. The smallest absolute Gasteiger partial charge is 0.319 e. The van der Waals surface area contributed by atoms with Crippen molar-refractivity contribution in [1.82, 2.24) is 14.7 Å². The molecule has 5 nitrogen and oxygen atoms in total. The third kappa shape index (κ3) is 6.23. The summed E-state index contributed by atoms with van der Waals surface area (Å²) in [6.45, 7) is 4.91. The molecule has 0 atom stereocenters. The van der Waals surface area contributed by atoms with Gasteiger partial charge in [-0.25, -0.2) is 9.18 Å². The third-order valence-corrected chi connectivity index (χ3v) is 3.73. The number of halogens is 2. The van der Waals surface area contributed by atoms with Gasteiger partial charge in [0.1, 0.15) is 11.6 Å². The van der Waals surface area contributed by atoms with Crippen molar-refractivity contribution in [3.63, 3.8) is 0 Å². The Hall–Kier alpha value is -1.53. The van der Waals surface area contributed by atoms with Gasteiger partial charge in [-0.05, 0) is 30.7 Å². The summed E-state index contributed by atoms with van der Waals surface area (Å²) in [6.07, 6.45) is 0.916. The molecule has 7 heteroatoms. The number of hydrogen-bond donors (Lipinski definition) is 0. The van der Waals surface area contributed by atoms with Gasteiger partial charge < -0.3 is 14.5 Å². The number of ether oxygens (including phenoxy) is 1. The molecule has 1 aliphatic heterocycles. The Morgan fingerprint density at radius 3 is 2.35 bits per heavy atom. The van der Waals surface area contributed by atoms with Gasteiger partial charge in [-0.3, -0.25) is 4.90 Å². The minimum absolute atomic E-state index is 0. The number of amides is 2. The van der Waals surface area contributed by atoms with Gasteiger partial charge in [0, 0.05) is 46.8 Å². The Kier molecular flexibility index (Phi) is 8.12. The summed E-state index contributed by atoms with van der Waals surface area (Å²) in [5.74, 6) is 0.445. The van der Waals surface area contributed by atoms with E-state index in [4.69, 9.17) is 4.74 Å². The van der Waals surface area contributed by atoms with E-state index in [1.807, 2.05) is 4.90 Å². The van der Waals surface area contributed by atoms with Crippen molar-refractivity contribution in [3.05, 3.63) is 30.1 Å². The van der Waals surface area contributed by atoms with E-state index in [1.54, 1.807) is 31.1 Å². The second-order valence-corrected chi connectivity index (χ2v) is 5.66. The first-order valence-electron chi connectivity index (χ1n) is 7.63. The molecular weight excluding hydrogens is 321 g/mol. The molecule has 1 fully saturated rings. The van der Waals surface area contributed by atoms with E-state index in [0.717, 1.165) is 39.1 Å². The highest BCUT2D eigenvalue weighted by Crippen LogP contribution is 2.11. The maximum atomic E-state index is 12.8. The van der Waals surface area contributed by atoms with Gasteiger partial charge in [0.05, 0.1) is 6.61 Å². The van der Waals surface area contributed by atoms with Gasteiger partial charge in [-0.15, -0.1) is 12.4 Å². The van der Waals surface area contributed by atoms with E-state index >= 15 is 0 Å². The van der Waals surface area contributed by atoms with Crippen LogP contribution in [0.25, 0.3) is 0 Å². The van der Waals surface area contributed by atoms with Crippen LogP contribution in [0, 0.1) is 5.82 Å². The van der Waals surface area contributed by atoms with Gasteiger partial charge in [0.15, 0.2) is 0 Å². The summed E-state index contributed by atoms with van der Waals surface area (Å²) >= 11 is 0. The zero-order valence-corrected chi connectivity index (χ0v) is 14.5. The standard InChI is InChI=1S/C16H24FN3O2.ClH/c1-18(2)16(21)20-11-9-19(10-12-20)8-3-13-22-15-6-4-14(17)5-7-15;/h4-7H,3,8-13H2,1-2H3;1H. The third-order valence-electron chi connectivity index (χ3n) is 3.73. The van der Waals surface area contributed by atoms with Crippen molar-refractivity contribution in [3.8, 4) is 5.75 Å². The predicted octanol–water partition coefficient (Wildman–Crippen LogP) is 2.32. The van der Waals surface area contributed by atoms with Crippen LogP contribution in [0.3, 0.4) is 0 Å². The van der Waals surface area contributed by atoms with Crippen molar-refractivity contribution >= 4 is 18.4 Å². The van der Waals surface area contributed by atoms with Crippen LogP contribution >= 0.6 is 12.4 Å². The second-order valence-electron chi connectivity index (χ2n) is 5.66. The number of nitrogens with zero attached hydrogens (tertiary/aromatic N) is 3. The molecule has 0 unspecified atom stereocenters. The monoisotopic (exact) mass is 345 g/mol. The molecule has 130 valence electrons. The molecule has 1 saturated heterocycles. The summed E-state index contributed by atoms with van der Waals surface area (Å²) in [5.41, 5.74) is 0. The van der Waals surface area contributed by atoms with E-state index in [2.05, 4.69) is 4.90 Å². The molecule has 0 radical (unpaired) electrons. The van der Waals surface area contributed by atoms with Gasteiger partial charge in [0.25, 0.3) is 0 Å². The van der Waals surface area contributed by atoms with E-state index in [-0.39, 0.29) is 24.3 Å². The van der Waals surface area contributed by atoms with Crippen LogP contribution in [0.5, 0.6) is 5.75 Å². The summed E-state index contributed by atoms with van der Waals surface area (Å²) in [6, 6.07) is 6.16. The lowest BCUT2D eigenvalue weighted by molar-refractivity contribution is 0.119. The van der Waals surface area contributed by atoms with Crippen LogP contribution in [0.1, 0.15) is 6.42 Å². The van der Waals surface area contributed by atoms with Crippen LogP contribution in [0.4, 0.5) is 9.18 Å². The fraction of sp³-hybridized carbons (Fsp3) is 0.562. The molecule has 0 spiro atoms. The lowest BCUT2D eigenvalue weighted by atomic mass is 10.3. The van der Waals surface area contributed by atoms with Crippen molar-refractivity contribution in [2.24, 2.45) is 0 Å². The topological polar surface area (TPSA) is 36.0 Å². The maximum Gasteiger partial charge on any atom is 0.319 e. The van der Waals surface area contributed by atoms with Crippen molar-refractivity contribution < 1.29 is 13.9 Å². The quantitative estimate of drug-likeness (QED) is 0.768. The lowest BCUT2D eigenvalue weighted by Crippen LogP contribution is -2.51. The highest BCUT2D eigenvalue weighted by atomic mass is 35.5. The zero-order chi connectivity index (χ0) is 15.9. The molecule has 1 heterocycles. The van der Waals surface area contributed by atoms with Crippen molar-refractivity contribution in [1.29, 1.82) is 0 Å². The van der Waals surface area contributed by atoms with Gasteiger partial charge in [-0.1, -0.05) is 0 Å². The Morgan fingerprint density at radius 2 is 1.78 bits per heavy atom. The number of piperazine rings is 1. The summed E-state index contributed by atoms with van der Waals surface area (Å²) < 4.78 is 18.3. The van der Waals surface area contributed by atoms with E-state index in [1.165, 1.54) is 12.1 Å². The van der Waals surface area contributed by atoms with E-state index in [9.17, 15) is 9.18 Å². The molecule has 0 bridgehead atoms. The molecule has 1 aliphatic rings. The molecule has 23 heavy (non-hydrogen) atoms. The van der Waals surface area contributed by atoms with Gasteiger partial charge in [-0.2, -0.15) is 0 Å². The molecule has 0 aromatic heterocycles. The van der Waals surface area contributed by atoms with Crippen LogP contribution in [-0.4, -0.2) is 74.2 Å². The number of hydrogen-bond acceptors (Lipinski definition) is 3. The first-order chi connectivity index (χ1) is 10.6. The van der Waals surface area contributed by atoms with Crippen molar-refractivity contribution in [2.75, 3.05) is 53.4 Å². The summed E-state index contributed by atoms with van der Waals surface area (Å²) in [4.78, 5) is 17.7. The van der Waals surface area contributed by atoms with Crippen LogP contribution in [-0.2, 0) is 0 Å². The number of rotatable bonds is 5. The molecule has 2 amide bonds. The van der Waals surface area contributed by atoms with Gasteiger partial charge >= 0.3 is 6.03 Å². The first kappa shape index (κ1) is 19.5. The fourth-order valence-corrected chi connectivity index (χ4v) is 2.45. The van der Waals surface area contributed by atoms with E-state index in [0.29, 0.717) is 12.4 Å².